The van der Waals surface area contributed by atoms with Crippen molar-refractivity contribution in [1.82, 2.24) is 0 Å². The van der Waals surface area contributed by atoms with E-state index in [1.165, 1.54) is 6.92 Å². The number of fused-ring (bicyclic) bond motifs is 3. The summed E-state index contributed by atoms with van der Waals surface area (Å²) in [5.41, 5.74) is 0.115. The zero-order valence-corrected chi connectivity index (χ0v) is 19.3. The van der Waals surface area contributed by atoms with Crippen LogP contribution in [0.5, 0.6) is 0 Å². The third-order valence-corrected chi connectivity index (χ3v) is 7.94. The summed E-state index contributed by atoms with van der Waals surface area (Å²) in [6, 6.07) is 0. The highest BCUT2D eigenvalue weighted by Gasteiger charge is 2.61. The minimum atomic E-state index is -1.59. The zero-order chi connectivity index (χ0) is 24.2. The largest absolute Gasteiger partial charge is 0.461 e. The van der Waals surface area contributed by atoms with E-state index < -0.39 is 72.9 Å². The standard InChI is InChI=1S/C23H34O10/c1-9-5-6-12-15(9)20-16(10(2)21(29)32-20)13(7-23(12,4)33-11(3)25)30-22-19(28)18(27)17(26)14(8-24)31-22/h5,10,12-20,22,24,26-28H,6-8H2,1-4H3. The van der Waals surface area contributed by atoms with Crippen LogP contribution in [0.1, 0.15) is 40.5 Å². The number of rotatable bonds is 4. The molecule has 1 saturated carbocycles. The Bertz CT molecular complexity index is 811. The Labute approximate surface area is 192 Å². The number of aliphatic hydroxyl groups is 4. The van der Waals surface area contributed by atoms with E-state index in [0.29, 0.717) is 6.42 Å². The summed E-state index contributed by atoms with van der Waals surface area (Å²) < 4.78 is 23.4. The Kier molecular flexibility index (Phi) is 6.63. The van der Waals surface area contributed by atoms with E-state index in [0.717, 1.165) is 5.57 Å². The van der Waals surface area contributed by atoms with Gasteiger partial charge in [0.25, 0.3) is 0 Å². The first-order chi connectivity index (χ1) is 15.5. The fraction of sp³-hybridized carbons (Fsp3) is 0.826. The number of carbonyl (C=O) groups is 2. The maximum absolute atomic E-state index is 12.6. The second kappa shape index (κ2) is 8.90. The van der Waals surface area contributed by atoms with Gasteiger partial charge in [-0.15, -0.1) is 0 Å². The SMILES string of the molecule is CC(=O)OC1(C)CC(OC2OC(CO)C(O)C(O)C2O)C2C(C)C(=O)OC2C2C(C)=CCC21. The summed E-state index contributed by atoms with van der Waals surface area (Å²) in [5.74, 6) is -2.01. The maximum atomic E-state index is 12.6. The fourth-order valence-electron chi connectivity index (χ4n) is 6.26. The lowest BCUT2D eigenvalue weighted by molar-refractivity contribution is -0.318. The van der Waals surface area contributed by atoms with Crippen molar-refractivity contribution >= 4 is 11.9 Å². The summed E-state index contributed by atoms with van der Waals surface area (Å²) in [7, 11) is 0. The van der Waals surface area contributed by atoms with Crippen LogP contribution in [-0.4, -0.2) is 87.5 Å². The first-order valence-corrected chi connectivity index (χ1v) is 11.5. The van der Waals surface area contributed by atoms with E-state index in [-0.39, 0.29) is 24.2 Å². The van der Waals surface area contributed by atoms with E-state index >= 15 is 0 Å². The molecule has 10 heteroatoms. The highest BCUT2D eigenvalue weighted by molar-refractivity contribution is 5.75. The second-order valence-electron chi connectivity index (χ2n) is 10.1. The molecule has 0 aromatic carbocycles. The predicted molar refractivity (Wildman–Crippen MR) is 111 cm³/mol. The van der Waals surface area contributed by atoms with Gasteiger partial charge >= 0.3 is 11.9 Å². The smallest absolute Gasteiger partial charge is 0.309 e. The van der Waals surface area contributed by atoms with Crippen LogP contribution in [0, 0.1) is 23.7 Å². The molecule has 10 nitrogen and oxygen atoms in total. The molecule has 4 aliphatic rings. The molecule has 2 aliphatic carbocycles. The molecule has 186 valence electrons. The highest BCUT2D eigenvalue weighted by atomic mass is 16.7. The number of hydrogen-bond acceptors (Lipinski definition) is 10. The van der Waals surface area contributed by atoms with Gasteiger partial charge in [0, 0.05) is 31.1 Å². The van der Waals surface area contributed by atoms with Crippen molar-refractivity contribution in [2.45, 2.75) is 89.1 Å². The lowest BCUT2D eigenvalue weighted by atomic mass is 9.76. The molecule has 0 bridgehead atoms. The summed E-state index contributed by atoms with van der Waals surface area (Å²) in [4.78, 5) is 24.7. The van der Waals surface area contributed by atoms with Gasteiger partial charge in [0.05, 0.1) is 18.6 Å². The molecule has 2 heterocycles. The number of carbonyl (C=O) groups excluding carboxylic acids is 2. The van der Waals surface area contributed by atoms with Crippen molar-refractivity contribution in [2.75, 3.05) is 6.61 Å². The van der Waals surface area contributed by atoms with Crippen molar-refractivity contribution in [3.8, 4) is 0 Å². The summed E-state index contributed by atoms with van der Waals surface area (Å²) in [6.45, 7) is 6.34. The molecule has 3 fully saturated rings. The summed E-state index contributed by atoms with van der Waals surface area (Å²) in [6.07, 6.45) is -5.48. The number of ether oxygens (including phenoxy) is 4. The van der Waals surface area contributed by atoms with Crippen molar-refractivity contribution in [3.63, 3.8) is 0 Å². The maximum Gasteiger partial charge on any atom is 0.309 e. The molecular weight excluding hydrogens is 436 g/mol. The Morgan fingerprint density at radius 3 is 2.58 bits per heavy atom. The molecule has 12 unspecified atom stereocenters. The third-order valence-electron chi connectivity index (χ3n) is 7.94. The van der Waals surface area contributed by atoms with Crippen LogP contribution in [0.4, 0.5) is 0 Å². The van der Waals surface area contributed by atoms with E-state index in [1.807, 2.05) is 13.8 Å². The minimum Gasteiger partial charge on any atom is -0.461 e. The van der Waals surface area contributed by atoms with Crippen LogP contribution < -0.4 is 0 Å². The summed E-state index contributed by atoms with van der Waals surface area (Å²) in [5, 5.41) is 40.3. The highest BCUT2D eigenvalue weighted by Crippen LogP contribution is 2.54. The average molecular weight is 471 g/mol. The van der Waals surface area contributed by atoms with Gasteiger partial charge in [-0.05, 0) is 20.3 Å². The Hall–Kier alpha value is -1.56. The molecule has 12 atom stereocenters. The van der Waals surface area contributed by atoms with Gasteiger partial charge in [0.2, 0.25) is 0 Å². The molecule has 0 aromatic heterocycles. The Morgan fingerprint density at radius 2 is 1.94 bits per heavy atom. The Morgan fingerprint density at radius 1 is 1.24 bits per heavy atom. The first kappa shape index (κ1) is 24.6. The van der Waals surface area contributed by atoms with Gasteiger partial charge in [-0.25, -0.2) is 0 Å². The van der Waals surface area contributed by atoms with Crippen LogP contribution in [0.25, 0.3) is 0 Å². The molecule has 4 N–H and O–H groups in total. The number of aliphatic hydroxyl groups excluding tert-OH is 4. The van der Waals surface area contributed by atoms with Gasteiger partial charge in [0.15, 0.2) is 6.29 Å². The normalized spacial score (nSPS) is 49.5. The molecular formula is C23H34O10. The lowest BCUT2D eigenvalue weighted by Gasteiger charge is -2.43. The monoisotopic (exact) mass is 470 g/mol. The lowest BCUT2D eigenvalue weighted by Crippen LogP contribution is -2.60. The van der Waals surface area contributed by atoms with Crippen LogP contribution in [0.15, 0.2) is 11.6 Å². The van der Waals surface area contributed by atoms with Crippen molar-refractivity contribution in [2.24, 2.45) is 23.7 Å². The van der Waals surface area contributed by atoms with E-state index in [2.05, 4.69) is 6.08 Å². The van der Waals surface area contributed by atoms with Gasteiger partial charge < -0.3 is 39.4 Å². The van der Waals surface area contributed by atoms with Crippen molar-refractivity contribution in [1.29, 1.82) is 0 Å². The van der Waals surface area contributed by atoms with Crippen LogP contribution >= 0.6 is 0 Å². The fourth-order valence-corrected chi connectivity index (χ4v) is 6.26. The molecule has 2 aliphatic heterocycles. The van der Waals surface area contributed by atoms with Crippen molar-refractivity contribution in [3.05, 3.63) is 11.6 Å². The van der Waals surface area contributed by atoms with E-state index in [9.17, 15) is 30.0 Å². The van der Waals surface area contributed by atoms with Crippen LogP contribution in [-0.2, 0) is 28.5 Å². The minimum absolute atomic E-state index is 0.129. The molecule has 0 spiro atoms. The molecule has 2 saturated heterocycles. The quantitative estimate of drug-likeness (QED) is 0.317. The van der Waals surface area contributed by atoms with Gasteiger partial charge in [-0.3, -0.25) is 9.59 Å². The molecule has 4 rings (SSSR count). The van der Waals surface area contributed by atoms with E-state index in [1.54, 1.807) is 6.92 Å². The second-order valence-corrected chi connectivity index (χ2v) is 10.1. The summed E-state index contributed by atoms with van der Waals surface area (Å²) >= 11 is 0. The van der Waals surface area contributed by atoms with Gasteiger partial charge in [0.1, 0.15) is 36.1 Å². The molecule has 0 aromatic rings. The molecule has 0 radical (unpaired) electrons. The first-order valence-electron chi connectivity index (χ1n) is 11.5. The number of allylic oxidation sites excluding steroid dienone is 1. The molecule has 33 heavy (non-hydrogen) atoms. The van der Waals surface area contributed by atoms with Gasteiger partial charge in [-0.2, -0.15) is 0 Å². The average Bonchev–Trinajstić information content (AvgIpc) is 3.24. The Balaban J connectivity index is 1.70. The predicted octanol–water partition coefficient (Wildman–Crippen LogP) is -0.343. The zero-order valence-electron chi connectivity index (χ0n) is 19.3. The number of esters is 2. The van der Waals surface area contributed by atoms with Crippen LogP contribution in [0.2, 0.25) is 0 Å². The third kappa shape index (κ3) is 4.11. The molecule has 0 amide bonds. The number of hydrogen-bond donors (Lipinski definition) is 4. The van der Waals surface area contributed by atoms with Crippen molar-refractivity contribution < 1.29 is 49.0 Å². The van der Waals surface area contributed by atoms with Gasteiger partial charge in [-0.1, -0.05) is 18.6 Å². The van der Waals surface area contributed by atoms with Crippen LogP contribution in [0.3, 0.4) is 0 Å². The van der Waals surface area contributed by atoms with E-state index in [4.69, 9.17) is 18.9 Å². The topological polar surface area (TPSA) is 152 Å².